The zero-order valence-electron chi connectivity index (χ0n) is 18.9. The van der Waals surface area contributed by atoms with Gasteiger partial charge >= 0.3 is 0 Å². The van der Waals surface area contributed by atoms with Crippen molar-refractivity contribution in [2.45, 2.75) is 18.9 Å². The highest BCUT2D eigenvalue weighted by Crippen LogP contribution is 2.42. The van der Waals surface area contributed by atoms with Gasteiger partial charge < -0.3 is 19.7 Å². The van der Waals surface area contributed by atoms with Crippen LogP contribution in [0.4, 0.5) is 20.3 Å². The molecule has 1 saturated heterocycles. The molecule has 5 rings (SSSR count). The van der Waals surface area contributed by atoms with E-state index in [2.05, 4.69) is 21.9 Å². The molecule has 3 atom stereocenters. The molecule has 0 unspecified atom stereocenters. The summed E-state index contributed by atoms with van der Waals surface area (Å²) in [7, 11) is 1.55. The molecule has 1 N–H and O–H groups in total. The number of fused-ring (bicyclic) bond motifs is 2. The quantitative estimate of drug-likeness (QED) is 0.374. The number of ether oxygens (including phenoxy) is 2. The first-order chi connectivity index (χ1) is 16.9. The number of carbonyl (C=O) groups excluding carboxylic acids is 1. The lowest BCUT2D eigenvalue weighted by atomic mass is 10.0. The van der Waals surface area contributed by atoms with Gasteiger partial charge in [-0.05, 0) is 49.0 Å². The van der Waals surface area contributed by atoms with Crippen LogP contribution < -0.4 is 14.8 Å². The van der Waals surface area contributed by atoms with E-state index < -0.39 is 16.7 Å². The maximum Gasteiger partial charge on any atom is 0.245 e. The standard InChI is InChI=1S/C25H23ClF2N4O3/c1-3-22(33)32-10-13-6-15(7-14(13)11-32)35-21-8-16-19(9-20(21)34-2)29-12-30-25(16)31-18-5-4-17(27)23(26)24(18)28/h3-5,8-9,12-15H,1,6-7,10-11H2,2H3,(H,29,30,31)/t13-,14+,15-. The third kappa shape index (κ3) is 4.36. The van der Waals surface area contributed by atoms with Crippen LogP contribution in [0.25, 0.3) is 10.9 Å². The zero-order valence-corrected chi connectivity index (χ0v) is 19.7. The fourth-order valence-corrected chi connectivity index (χ4v) is 5.16. The van der Waals surface area contributed by atoms with Crippen LogP contribution in [-0.4, -0.2) is 47.1 Å². The Bertz CT molecular complexity index is 1310. The Morgan fingerprint density at radius 3 is 2.63 bits per heavy atom. The molecule has 1 saturated carbocycles. The minimum Gasteiger partial charge on any atom is -0.493 e. The van der Waals surface area contributed by atoms with Crippen LogP contribution in [0.5, 0.6) is 11.5 Å². The van der Waals surface area contributed by atoms with Gasteiger partial charge in [-0.1, -0.05) is 18.2 Å². The SMILES string of the molecule is C=CC(=O)N1C[C@H]2C[C@@H](Oc3cc4c(Nc5ccc(F)c(Cl)c5F)ncnc4cc3OC)C[C@H]2C1. The Kier molecular flexibility index (Phi) is 6.19. The van der Waals surface area contributed by atoms with E-state index >= 15 is 0 Å². The number of likely N-dealkylation sites (tertiary alicyclic amines) is 1. The number of amides is 1. The highest BCUT2D eigenvalue weighted by atomic mass is 35.5. The second kappa shape index (κ2) is 9.30. The highest BCUT2D eigenvalue weighted by molar-refractivity contribution is 6.31. The minimum atomic E-state index is -0.912. The van der Waals surface area contributed by atoms with E-state index in [1.165, 1.54) is 18.5 Å². The van der Waals surface area contributed by atoms with Crippen molar-refractivity contribution >= 4 is 39.9 Å². The lowest BCUT2D eigenvalue weighted by Gasteiger charge is -2.20. The molecule has 182 valence electrons. The first kappa shape index (κ1) is 23.3. The number of nitrogens with one attached hydrogen (secondary N) is 1. The van der Waals surface area contributed by atoms with Gasteiger partial charge in [0.2, 0.25) is 5.91 Å². The Labute approximate surface area is 205 Å². The molecule has 2 heterocycles. The number of anilines is 2. The summed E-state index contributed by atoms with van der Waals surface area (Å²) in [5, 5.41) is 2.85. The molecule has 0 bridgehead atoms. The van der Waals surface area contributed by atoms with Gasteiger partial charge in [0.15, 0.2) is 17.3 Å². The van der Waals surface area contributed by atoms with Crippen LogP contribution in [-0.2, 0) is 4.79 Å². The van der Waals surface area contributed by atoms with E-state index in [9.17, 15) is 13.6 Å². The van der Waals surface area contributed by atoms with Crippen LogP contribution in [0.15, 0.2) is 43.2 Å². The monoisotopic (exact) mass is 500 g/mol. The Morgan fingerprint density at radius 1 is 1.20 bits per heavy atom. The molecule has 3 aromatic rings. The lowest BCUT2D eigenvalue weighted by Crippen LogP contribution is -2.29. The van der Waals surface area contributed by atoms with Gasteiger partial charge in [-0.3, -0.25) is 4.79 Å². The van der Waals surface area contributed by atoms with E-state index in [1.54, 1.807) is 19.2 Å². The first-order valence-corrected chi connectivity index (χ1v) is 11.6. The molecule has 2 aromatic carbocycles. The number of rotatable bonds is 6. The molecule has 10 heteroatoms. The van der Waals surface area contributed by atoms with Crippen molar-refractivity contribution in [3.8, 4) is 11.5 Å². The number of methoxy groups -OCH3 is 1. The van der Waals surface area contributed by atoms with E-state index in [4.69, 9.17) is 21.1 Å². The van der Waals surface area contributed by atoms with Crippen molar-refractivity contribution in [3.05, 3.63) is 59.9 Å². The molecular weight excluding hydrogens is 478 g/mol. The summed E-state index contributed by atoms with van der Waals surface area (Å²) in [6.45, 7) is 4.98. The van der Waals surface area contributed by atoms with Crippen LogP contribution in [0.2, 0.25) is 5.02 Å². The summed E-state index contributed by atoms with van der Waals surface area (Å²) >= 11 is 5.72. The molecule has 1 aliphatic carbocycles. The van der Waals surface area contributed by atoms with Crippen LogP contribution in [0.3, 0.4) is 0 Å². The number of hydrogen-bond donors (Lipinski definition) is 1. The summed E-state index contributed by atoms with van der Waals surface area (Å²) < 4.78 is 39.9. The second-order valence-electron chi connectivity index (χ2n) is 8.77. The van der Waals surface area contributed by atoms with Gasteiger partial charge in [-0.15, -0.1) is 0 Å². The topological polar surface area (TPSA) is 76.6 Å². The smallest absolute Gasteiger partial charge is 0.245 e. The third-order valence-electron chi connectivity index (χ3n) is 6.70. The molecule has 2 fully saturated rings. The van der Waals surface area contributed by atoms with Crippen molar-refractivity contribution in [2.75, 3.05) is 25.5 Å². The number of halogens is 3. The predicted molar refractivity (Wildman–Crippen MR) is 128 cm³/mol. The molecule has 1 amide bonds. The zero-order chi connectivity index (χ0) is 24.7. The third-order valence-corrected chi connectivity index (χ3v) is 7.04. The largest absolute Gasteiger partial charge is 0.493 e. The minimum absolute atomic E-state index is 0.0167. The lowest BCUT2D eigenvalue weighted by molar-refractivity contribution is -0.125. The second-order valence-corrected chi connectivity index (χ2v) is 9.15. The van der Waals surface area contributed by atoms with Gasteiger partial charge in [0.1, 0.15) is 23.0 Å². The van der Waals surface area contributed by atoms with Crippen molar-refractivity contribution in [1.82, 2.24) is 14.9 Å². The molecule has 1 aromatic heterocycles. The van der Waals surface area contributed by atoms with E-state index in [1.807, 2.05) is 4.90 Å². The van der Waals surface area contributed by atoms with Crippen molar-refractivity contribution in [2.24, 2.45) is 11.8 Å². The van der Waals surface area contributed by atoms with E-state index in [0.29, 0.717) is 53.1 Å². The maximum absolute atomic E-state index is 14.5. The summed E-state index contributed by atoms with van der Waals surface area (Å²) in [4.78, 5) is 22.3. The molecule has 0 spiro atoms. The Hall–Kier alpha value is -3.46. The number of carbonyl (C=O) groups is 1. The average Bonchev–Trinajstić information content (AvgIpc) is 3.42. The summed E-state index contributed by atoms with van der Waals surface area (Å²) in [5.41, 5.74) is 0.541. The highest BCUT2D eigenvalue weighted by Gasteiger charge is 2.43. The van der Waals surface area contributed by atoms with Gasteiger partial charge in [0, 0.05) is 24.5 Å². The van der Waals surface area contributed by atoms with E-state index in [0.717, 1.165) is 18.9 Å². The molecule has 2 aliphatic rings. The number of hydrogen-bond acceptors (Lipinski definition) is 6. The van der Waals surface area contributed by atoms with Gasteiger partial charge in [-0.25, -0.2) is 18.7 Å². The number of aromatic nitrogens is 2. The van der Waals surface area contributed by atoms with Crippen LogP contribution in [0, 0.1) is 23.5 Å². The van der Waals surface area contributed by atoms with Crippen molar-refractivity contribution < 1.29 is 23.0 Å². The number of benzene rings is 2. The average molecular weight is 501 g/mol. The summed E-state index contributed by atoms with van der Waals surface area (Å²) in [5.74, 6) is 0.297. The van der Waals surface area contributed by atoms with Gasteiger partial charge in [0.05, 0.1) is 24.4 Å². The summed E-state index contributed by atoms with van der Waals surface area (Å²) in [6.07, 6.45) is 4.30. The maximum atomic E-state index is 14.5. The molecule has 0 radical (unpaired) electrons. The first-order valence-electron chi connectivity index (χ1n) is 11.2. The van der Waals surface area contributed by atoms with Crippen LogP contribution >= 0.6 is 11.6 Å². The molecule has 1 aliphatic heterocycles. The fourth-order valence-electron chi connectivity index (χ4n) is 4.99. The Balaban J connectivity index is 1.40. The Morgan fingerprint density at radius 2 is 1.94 bits per heavy atom. The van der Waals surface area contributed by atoms with E-state index in [-0.39, 0.29) is 17.7 Å². The van der Waals surface area contributed by atoms with Crippen molar-refractivity contribution in [3.63, 3.8) is 0 Å². The van der Waals surface area contributed by atoms with Gasteiger partial charge in [0.25, 0.3) is 0 Å². The predicted octanol–water partition coefficient (Wildman–Crippen LogP) is 5.12. The van der Waals surface area contributed by atoms with Crippen molar-refractivity contribution in [1.29, 1.82) is 0 Å². The fraction of sp³-hybridized carbons (Fsp3) is 0.320. The van der Waals surface area contributed by atoms with Gasteiger partial charge in [-0.2, -0.15) is 0 Å². The normalized spacial score (nSPS) is 21.1. The summed E-state index contributed by atoms with van der Waals surface area (Å²) in [6, 6.07) is 5.81. The number of nitrogens with zero attached hydrogens (tertiary/aromatic N) is 3. The molecular formula is C25H23ClF2N4O3. The van der Waals surface area contributed by atoms with Crippen LogP contribution in [0.1, 0.15) is 12.8 Å². The molecule has 7 nitrogen and oxygen atoms in total. The molecule has 35 heavy (non-hydrogen) atoms.